The lowest BCUT2D eigenvalue weighted by molar-refractivity contribution is 0.185. The van der Waals surface area contributed by atoms with Crippen LogP contribution in [0.2, 0.25) is 0 Å². The predicted octanol–water partition coefficient (Wildman–Crippen LogP) is 3.58. The normalized spacial score (nSPS) is 12.1. The van der Waals surface area contributed by atoms with Crippen LogP contribution in [0.5, 0.6) is 5.75 Å². The van der Waals surface area contributed by atoms with Crippen LogP contribution in [-0.2, 0) is 13.0 Å². The Labute approximate surface area is 114 Å². The van der Waals surface area contributed by atoms with Crippen LogP contribution < -0.4 is 4.74 Å². The molecule has 0 radical (unpaired) electrons. The van der Waals surface area contributed by atoms with E-state index in [1.54, 1.807) is 0 Å². The summed E-state index contributed by atoms with van der Waals surface area (Å²) in [7, 11) is 0. The van der Waals surface area contributed by atoms with E-state index in [0.29, 0.717) is 6.61 Å². The van der Waals surface area contributed by atoms with Crippen LogP contribution in [0.3, 0.4) is 0 Å². The van der Waals surface area contributed by atoms with Crippen LogP contribution in [0.1, 0.15) is 24.5 Å². The molecule has 0 saturated carbocycles. The van der Waals surface area contributed by atoms with E-state index >= 15 is 0 Å². The van der Waals surface area contributed by atoms with Gasteiger partial charge in [-0.2, -0.15) is 0 Å². The number of aliphatic hydroxyl groups excluding tert-OH is 1. The monoisotopic (exact) mass is 256 g/mol. The Bertz CT molecular complexity index is 474. The molecule has 100 valence electrons. The van der Waals surface area contributed by atoms with Gasteiger partial charge in [-0.1, -0.05) is 42.5 Å². The van der Waals surface area contributed by atoms with Crippen molar-refractivity contribution >= 4 is 0 Å². The van der Waals surface area contributed by atoms with Crippen molar-refractivity contribution in [2.24, 2.45) is 0 Å². The van der Waals surface area contributed by atoms with Crippen LogP contribution in [0.25, 0.3) is 0 Å². The first-order chi connectivity index (χ1) is 9.24. The van der Waals surface area contributed by atoms with Gasteiger partial charge in [-0.15, -0.1) is 0 Å². The van der Waals surface area contributed by atoms with Gasteiger partial charge >= 0.3 is 0 Å². The highest BCUT2D eigenvalue weighted by Gasteiger charge is 1.99. The number of ether oxygens (including phenoxy) is 1. The fraction of sp³-hybridized carbons (Fsp3) is 0.294. The summed E-state index contributed by atoms with van der Waals surface area (Å²) in [5, 5.41) is 9.25. The molecule has 0 fully saturated rings. The summed E-state index contributed by atoms with van der Waals surface area (Å²) >= 11 is 0. The van der Waals surface area contributed by atoms with E-state index in [9.17, 15) is 5.11 Å². The fourth-order valence-electron chi connectivity index (χ4n) is 1.87. The van der Waals surface area contributed by atoms with E-state index in [1.165, 1.54) is 11.1 Å². The predicted molar refractivity (Wildman–Crippen MR) is 77.2 cm³/mol. The Morgan fingerprint density at radius 1 is 0.947 bits per heavy atom. The molecule has 0 heterocycles. The number of aryl methyl sites for hydroxylation is 1. The van der Waals surface area contributed by atoms with Gasteiger partial charge in [0.05, 0.1) is 6.10 Å². The van der Waals surface area contributed by atoms with E-state index in [2.05, 4.69) is 24.3 Å². The van der Waals surface area contributed by atoms with Gasteiger partial charge in [-0.25, -0.2) is 0 Å². The smallest absolute Gasteiger partial charge is 0.119 e. The number of aliphatic hydroxyl groups is 1. The van der Waals surface area contributed by atoms with E-state index in [0.717, 1.165) is 18.6 Å². The summed E-state index contributed by atoms with van der Waals surface area (Å²) in [6, 6.07) is 18.2. The van der Waals surface area contributed by atoms with Crippen molar-refractivity contribution in [2.45, 2.75) is 32.5 Å². The van der Waals surface area contributed by atoms with Crippen molar-refractivity contribution in [2.75, 3.05) is 0 Å². The first-order valence-corrected chi connectivity index (χ1v) is 6.68. The third-order valence-electron chi connectivity index (χ3n) is 3.02. The molecule has 0 aliphatic carbocycles. The summed E-state index contributed by atoms with van der Waals surface area (Å²) in [5.74, 6) is 0.879. The largest absolute Gasteiger partial charge is 0.489 e. The molecule has 0 saturated heterocycles. The maximum absolute atomic E-state index is 9.25. The number of rotatable bonds is 6. The zero-order valence-corrected chi connectivity index (χ0v) is 11.3. The summed E-state index contributed by atoms with van der Waals surface area (Å²) in [4.78, 5) is 0. The highest BCUT2D eigenvalue weighted by atomic mass is 16.5. The topological polar surface area (TPSA) is 29.5 Å². The lowest BCUT2D eigenvalue weighted by atomic mass is 10.1. The van der Waals surface area contributed by atoms with Gasteiger partial charge in [0, 0.05) is 0 Å². The molecule has 0 amide bonds. The second-order valence-electron chi connectivity index (χ2n) is 4.81. The molecule has 2 heteroatoms. The van der Waals surface area contributed by atoms with E-state index in [-0.39, 0.29) is 6.10 Å². The van der Waals surface area contributed by atoms with Crippen molar-refractivity contribution in [3.63, 3.8) is 0 Å². The van der Waals surface area contributed by atoms with Gasteiger partial charge in [0.25, 0.3) is 0 Å². The molecule has 2 aromatic carbocycles. The Kier molecular flexibility index (Phi) is 4.99. The summed E-state index contributed by atoms with van der Waals surface area (Å²) in [6.45, 7) is 2.41. The average molecular weight is 256 g/mol. The SMILES string of the molecule is C[C@@H](O)CCc1ccc(OCc2ccccc2)cc1. The van der Waals surface area contributed by atoms with Gasteiger partial charge in [0.2, 0.25) is 0 Å². The highest BCUT2D eigenvalue weighted by Crippen LogP contribution is 2.15. The quantitative estimate of drug-likeness (QED) is 0.856. The first-order valence-electron chi connectivity index (χ1n) is 6.68. The molecule has 1 N–H and O–H groups in total. The molecule has 19 heavy (non-hydrogen) atoms. The maximum atomic E-state index is 9.25. The zero-order chi connectivity index (χ0) is 13.5. The van der Waals surface area contributed by atoms with Crippen molar-refractivity contribution in [1.82, 2.24) is 0 Å². The molecule has 0 unspecified atom stereocenters. The van der Waals surface area contributed by atoms with Gasteiger partial charge < -0.3 is 9.84 Å². The van der Waals surface area contributed by atoms with Crippen LogP contribution in [0, 0.1) is 0 Å². The number of hydrogen-bond donors (Lipinski definition) is 1. The first kappa shape index (κ1) is 13.6. The second-order valence-corrected chi connectivity index (χ2v) is 4.81. The molecule has 0 aliphatic heterocycles. The molecule has 0 aromatic heterocycles. The molecule has 2 nitrogen and oxygen atoms in total. The molecule has 0 bridgehead atoms. The number of hydrogen-bond acceptors (Lipinski definition) is 2. The van der Waals surface area contributed by atoms with E-state index < -0.39 is 0 Å². The van der Waals surface area contributed by atoms with Gasteiger partial charge in [0.15, 0.2) is 0 Å². The van der Waals surface area contributed by atoms with Crippen LogP contribution >= 0.6 is 0 Å². The Hall–Kier alpha value is -1.80. The van der Waals surface area contributed by atoms with E-state index in [1.807, 2.05) is 37.3 Å². The van der Waals surface area contributed by atoms with Crippen LogP contribution in [-0.4, -0.2) is 11.2 Å². The third-order valence-corrected chi connectivity index (χ3v) is 3.02. The molecule has 0 spiro atoms. The van der Waals surface area contributed by atoms with Gasteiger partial charge in [-0.05, 0) is 43.0 Å². The maximum Gasteiger partial charge on any atom is 0.119 e. The molecular weight excluding hydrogens is 236 g/mol. The standard InChI is InChI=1S/C17H20O2/c1-14(18)7-8-15-9-11-17(12-10-15)19-13-16-5-3-2-4-6-16/h2-6,9-12,14,18H,7-8,13H2,1H3/t14-/m1/s1. The van der Waals surface area contributed by atoms with Crippen molar-refractivity contribution < 1.29 is 9.84 Å². The van der Waals surface area contributed by atoms with Crippen LogP contribution in [0.4, 0.5) is 0 Å². The van der Waals surface area contributed by atoms with Crippen molar-refractivity contribution in [3.8, 4) is 5.75 Å². The van der Waals surface area contributed by atoms with Gasteiger partial charge in [-0.3, -0.25) is 0 Å². The lowest BCUT2D eigenvalue weighted by Gasteiger charge is -2.08. The molecule has 2 aromatic rings. The Balaban J connectivity index is 1.85. The van der Waals surface area contributed by atoms with E-state index in [4.69, 9.17) is 4.74 Å². The summed E-state index contributed by atoms with van der Waals surface area (Å²) in [5.41, 5.74) is 2.40. The minimum absolute atomic E-state index is 0.242. The second kappa shape index (κ2) is 6.95. The molecular formula is C17H20O2. The molecule has 2 rings (SSSR count). The minimum atomic E-state index is -0.242. The highest BCUT2D eigenvalue weighted by molar-refractivity contribution is 5.28. The summed E-state index contributed by atoms with van der Waals surface area (Å²) < 4.78 is 5.72. The fourth-order valence-corrected chi connectivity index (χ4v) is 1.87. The molecule has 0 aliphatic rings. The summed E-state index contributed by atoms with van der Waals surface area (Å²) in [6.07, 6.45) is 1.45. The third kappa shape index (κ3) is 4.76. The molecule has 1 atom stereocenters. The van der Waals surface area contributed by atoms with Crippen LogP contribution in [0.15, 0.2) is 54.6 Å². The Morgan fingerprint density at radius 3 is 2.26 bits per heavy atom. The average Bonchev–Trinajstić information content (AvgIpc) is 2.45. The van der Waals surface area contributed by atoms with Gasteiger partial charge in [0.1, 0.15) is 12.4 Å². The minimum Gasteiger partial charge on any atom is -0.489 e. The lowest BCUT2D eigenvalue weighted by Crippen LogP contribution is -2.01. The van der Waals surface area contributed by atoms with Crippen molar-refractivity contribution in [1.29, 1.82) is 0 Å². The number of benzene rings is 2. The van der Waals surface area contributed by atoms with Crippen molar-refractivity contribution in [3.05, 3.63) is 65.7 Å². The zero-order valence-electron chi connectivity index (χ0n) is 11.3. The Morgan fingerprint density at radius 2 is 1.63 bits per heavy atom.